The molecule has 34 heavy (non-hydrogen) atoms. The predicted molar refractivity (Wildman–Crippen MR) is 126 cm³/mol. The summed E-state index contributed by atoms with van der Waals surface area (Å²) in [5, 5.41) is 9.28. The number of benzene rings is 2. The number of unbranched alkanes of at least 4 members (excludes halogenated alkanes) is 3. The maximum absolute atomic E-state index is 12.4. The van der Waals surface area contributed by atoms with Crippen LogP contribution in [-0.4, -0.2) is 63.3 Å². The average molecular weight is 475 g/mol. The van der Waals surface area contributed by atoms with Gasteiger partial charge in [-0.2, -0.15) is 0 Å². The van der Waals surface area contributed by atoms with Crippen molar-refractivity contribution in [2.45, 2.75) is 44.8 Å². The van der Waals surface area contributed by atoms with Gasteiger partial charge in [0.05, 0.1) is 24.3 Å². The summed E-state index contributed by atoms with van der Waals surface area (Å²) in [6.07, 6.45) is 3.32. The van der Waals surface area contributed by atoms with E-state index in [1.54, 1.807) is 24.3 Å². The van der Waals surface area contributed by atoms with Gasteiger partial charge in [0.1, 0.15) is 30.3 Å². The fourth-order valence-corrected chi connectivity index (χ4v) is 3.14. The summed E-state index contributed by atoms with van der Waals surface area (Å²) in [4.78, 5) is 24.7. The van der Waals surface area contributed by atoms with Crippen LogP contribution in [0.3, 0.4) is 0 Å². The highest BCUT2D eigenvalue weighted by atomic mass is 16.6. The number of esters is 2. The summed E-state index contributed by atoms with van der Waals surface area (Å²) < 4.78 is 26.6. The molecule has 0 aliphatic carbocycles. The molecule has 0 saturated carbocycles. The van der Waals surface area contributed by atoms with E-state index in [1.165, 1.54) is 51.3 Å². The van der Waals surface area contributed by atoms with Crippen molar-refractivity contribution in [3.63, 3.8) is 0 Å². The summed E-state index contributed by atoms with van der Waals surface area (Å²) in [5.41, 5.74) is 0.678. The third-order valence-corrected chi connectivity index (χ3v) is 5.24. The number of methoxy groups -OCH3 is 2. The van der Waals surface area contributed by atoms with Gasteiger partial charge in [-0.1, -0.05) is 26.2 Å². The highest BCUT2D eigenvalue weighted by Gasteiger charge is 2.22. The Morgan fingerprint density at radius 1 is 0.794 bits per heavy atom. The molecular weight excluding hydrogens is 440 g/mol. The van der Waals surface area contributed by atoms with E-state index >= 15 is 0 Å². The molecule has 0 saturated heterocycles. The Morgan fingerprint density at radius 3 is 1.94 bits per heavy atom. The highest BCUT2D eigenvalue weighted by molar-refractivity contribution is 5.92. The van der Waals surface area contributed by atoms with Crippen molar-refractivity contribution < 1.29 is 38.4 Å². The van der Waals surface area contributed by atoms with Crippen molar-refractivity contribution in [1.29, 1.82) is 0 Å². The molecule has 1 N–H and O–H groups in total. The topological polar surface area (TPSA) is 101 Å². The summed E-state index contributed by atoms with van der Waals surface area (Å²) in [5.74, 6) is -0.0740. The number of ether oxygens (including phenoxy) is 5. The molecule has 0 radical (unpaired) electrons. The molecule has 2 atom stereocenters. The van der Waals surface area contributed by atoms with Crippen LogP contribution in [0, 0.1) is 0 Å². The Kier molecular flexibility index (Phi) is 12.1. The molecule has 0 bridgehead atoms. The maximum Gasteiger partial charge on any atom is 0.343 e. The second-order valence-corrected chi connectivity index (χ2v) is 7.68. The van der Waals surface area contributed by atoms with E-state index in [4.69, 9.17) is 23.7 Å². The van der Waals surface area contributed by atoms with Crippen molar-refractivity contribution in [2.24, 2.45) is 0 Å². The van der Waals surface area contributed by atoms with Crippen LogP contribution in [0.2, 0.25) is 0 Å². The minimum absolute atomic E-state index is 0.0798. The van der Waals surface area contributed by atoms with Gasteiger partial charge < -0.3 is 28.8 Å². The first-order chi connectivity index (χ1) is 16.5. The number of aliphatic hydroxyl groups excluding tert-OH is 1. The number of aliphatic hydroxyl groups is 1. The number of rotatable bonds is 15. The highest BCUT2D eigenvalue weighted by Crippen LogP contribution is 2.18. The Morgan fingerprint density at radius 2 is 1.38 bits per heavy atom. The van der Waals surface area contributed by atoms with Gasteiger partial charge in [-0.25, -0.2) is 9.59 Å². The molecule has 186 valence electrons. The van der Waals surface area contributed by atoms with E-state index in [9.17, 15) is 14.7 Å². The zero-order chi connectivity index (χ0) is 24.8. The van der Waals surface area contributed by atoms with E-state index < -0.39 is 24.1 Å². The molecule has 0 amide bonds. The first-order valence-corrected chi connectivity index (χ1v) is 11.4. The van der Waals surface area contributed by atoms with Gasteiger partial charge in [0.15, 0.2) is 0 Å². The lowest BCUT2D eigenvalue weighted by atomic mass is 10.2. The Bertz CT molecular complexity index is 859. The first kappa shape index (κ1) is 27.3. The lowest BCUT2D eigenvalue weighted by molar-refractivity contribution is -0.0828. The zero-order valence-electron chi connectivity index (χ0n) is 20.0. The van der Waals surface area contributed by atoms with Crippen LogP contribution in [0.1, 0.15) is 53.3 Å². The number of carbonyl (C=O) groups is 2. The monoisotopic (exact) mass is 474 g/mol. The second-order valence-electron chi connectivity index (χ2n) is 7.68. The van der Waals surface area contributed by atoms with Gasteiger partial charge >= 0.3 is 11.9 Å². The fourth-order valence-electron chi connectivity index (χ4n) is 3.14. The molecule has 0 fully saturated rings. The van der Waals surface area contributed by atoms with Crippen molar-refractivity contribution >= 4 is 11.9 Å². The van der Waals surface area contributed by atoms with Crippen LogP contribution in [0.4, 0.5) is 0 Å². The average Bonchev–Trinajstić information content (AvgIpc) is 2.87. The van der Waals surface area contributed by atoms with Gasteiger partial charge in [-0.05, 0) is 55.0 Å². The summed E-state index contributed by atoms with van der Waals surface area (Å²) in [6, 6.07) is 12.8. The second kappa shape index (κ2) is 15.1. The minimum atomic E-state index is -0.606. The molecular formula is C26H34O8. The summed E-state index contributed by atoms with van der Waals surface area (Å²) in [7, 11) is 2.88. The quantitative estimate of drug-likeness (QED) is 0.234. The van der Waals surface area contributed by atoms with E-state index in [0.29, 0.717) is 23.7 Å². The molecule has 8 nitrogen and oxygen atoms in total. The molecule has 0 spiro atoms. The van der Waals surface area contributed by atoms with Crippen LogP contribution < -0.4 is 9.47 Å². The summed E-state index contributed by atoms with van der Waals surface area (Å²) >= 11 is 0. The Labute approximate surface area is 200 Å². The maximum atomic E-state index is 12.4. The minimum Gasteiger partial charge on any atom is -0.494 e. The van der Waals surface area contributed by atoms with Crippen LogP contribution in [-0.2, 0) is 14.2 Å². The van der Waals surface area contributed by atoms with Crippen molar-refractivity contribution in [2.75, 3.05) is 34.0 Å². The zero-order valence-corrected chi connectivity index (χ0v) is 20.0. The number of hydrogen-bond donors (Lipinski definition) is 1. The SMILES string of the molecule is CCCCCCOc1ccc(C(=O)Oc2ccc(C(=O)OCC(OC)C(CO)OC)cc2)cc1. The first-order valence-electron chi connectivity index (χ1n) is 11.4. The molecule has 0 heterocycles. The molecule has 2 rings (SSSR count). The van der Waals surface area contributed by atoms with Gasteiger partial charge in [0.2, 0.25) is 0 Å². The number of carbonyl (C=O) groups excluding carboxylic acids is 2. The van der Waals surface area contributed by atoms with Crippen LogP contribution in [0.5, 0.6) is 11.5 Å². The van der Waals surface area contributed by atoms with E-state index in [2.05, 4.69) is 6.92 Å². The normalized spacial score (nSPS) is 12.6. The molecule has 8 heteroatoms. The predicted octanol–water partition coefficient (Wildman–Crippen LogP) is 4.04. The van der Waals surface area contributed by atoms with Crippen LogP contribution >= 0.6 is 0 Å². The van der Waals surface area contributed by atoms with Gasteiger partial charge in [-0.15, -0.1) is 0 Å². The number of hydrogen-bond acceptors (Lipinski definition) is 8. The smallest absolute Gasteiger partial charge is 0.343 e. The third-order valence-electron chi connectivity index (χ3n) is 5.24. The third kappa shape index (κ3) is 8.78. The van der Waals surface area contributed by atoms with E-state index in [0.717, 1.165) is 12.8 Å². The van der Waals surface area contributed by atoms with Gasteiger partial charge in [0.25, 0.3) is 0 Å². The molecule has 2 aromatic rings. The van der Waals surface area contributed by atoms with Crippen LogP contribution in [0.15, 0.2) is 48.5 Å². The largest absolute Gasteiger partial charge is 0.494 e. The van der Waals surface area contributed by atoms with Crippen molar-refractivity contribution in [1.82, 2.24) is 0 Å². The Balaban J connectivity index is 1.84. The fraction of sp³-hybridized carbons (Fsp3) is 0.462. The van der Waals surface area contributed by atoms with Crippen molar-refractivity contribution in [3.8, 4) is 11.5 Å². The van der Waals surface area contributed by atoms with Crippen molar-refractivity contribution in [3.05, 3.63) is 59.7 Å². The summed E-state index contributed by atoms with van der Waals surface area (Å²) in [6.45, 7) is 2.47. The molecule has 2 unspecified atom stereocenters. The van der Waals surface area contributed by atoms with E-state index in [1.807, 2.05) is 0 Å². The molecule has 0 aromatic heterocycles. The molecule has 0 aliphatic rings. The molecule has 0 aliphatic heterocycles. The van der Waals surface area contributed by atoms with Crippen LogP contribution in [0.25, 0.3) is 0 Å². The van der Waals surface area contributed by atoms with E-state index in [-0.39, 0.29) is 18.8 Å². The van der Waals surface area contributed by atoms with Gasteiger partial charge in [-0.3, -0.25) is 0 Å². The standard InChI is InChI=1S/C26H34O8/c1-4-5-6-7-16-32-21-12-8-20(9-13-21)26(29)34-22-14-10-19(11-15-22)25(28)33-18-24(31-3)23(17-27)30-2/h8-15,23-24,27H,4-7,16-18H2,1-3H3. The lowest BCUT2D eigenvalue weighted by Gasteiger charge is -2.22. The molecule has 2 aromatic carbocycles. The lowest BCUT2D eigenvalue weighted by Crippen LogP contribution is -2.37. The van der Waals surface area contributed by atoms with Gasteiger partial charge in [0, 0.05) is 14.2 Å². The Hall–Kier alpha value is -2.94.